The Morgan fingerprint density at radius 1 is 1.30 bits per heavy atom. The van der Waals surface area contributed by atoms with Crippen molar-refractivity contribution in [2.75, 3.05) is 14.0 Å². The lowest BCUT2D eigenvalue weighted by Crippen LogP contribution is -2.10. The van der Waals surface area contributed by atoms with E-state index in [2.05, 4.69) is 0 Å². The molecule has 1 aromatic carbocycles. The summed E-state index contributed by atoms with van der Waals surface area (Å²) in [7, 11) is 0. The largest absolute Gasteiger partial charge is 0.305 e. The van der Waals surface area contributed by atoms with Gasteiger partial charge in [-0.25, -0.2) is 0 Å². The van der Waals surface area contributed by atoms with Crippen molar-refractivity contribution in [2.24, 2.45) is 0 Å². The Balaban J connectivity index is 2.89. The molecule has 1 aromatic rings. The lowest BCUT2D eigenvalue weighted by Gasteiger charge is -2.08. The summed E-state index contributed by atoms with van der Waals surface area (Å²) in [5.41, 5.74) is 0.662. The summed E-state index contributed by atoms with van der Waals surface area (Å²) < 4.78 is 43.2. The van der Waals surface area contributed by atoms with Crippen molar-refractivity contribution in [3.63, 3.8) is 0 Å². The van der Waals surface area contributed by atoms with Crippen LogP contribution in [0.25, 0.3) is 0 Å². The highest BCUT2D eigenvalue weighted by Gasteiger charge is 1.90. The normalized spacial score (nSPS) is 21.7. The van der Waals surface area contributed by atoms with E-state index in [9.17, 15) is 0 Å². The Morgan fingerprint density at radius 2 is 2.00 bits per heavy atom. The Morgan fingerprint density at radius 3 is 2.60 bits per heavy atom. The summed E-state index contributed by atoms with van der Waals surface area (Å²) in [5, 5.41) is 0. The minimum atomic E-state index is -2.62. The van der Waals surface area contributed by atoms with E-state index in [1.54, 1.807) is 30.3 Å². The second-order valence-corrected chi connectivity index (χ2v) is 2.07. The molecule has 0 aromatic heterocycles. The van der Waals surface area contributed by atoms with Gasteiger partial charge in [-0.3, -0.25) is 0 Å². The summed E-state index contributed by atoms with van der Waals surface area (Å²) in [6.45, 7) is -5.37. The molecule has 1 heteroatoms. The molecule has 0 spiro atoms. The maximum absolute atomic E-state index is 7.19. The molecule has 0 N–H and O–H groups in total. The van der Waals surface area contributed by atoms with Gasteiger partial charge in [0.2, 0.25) is 0 Å². The van der Waals surface area contributed by atoms with E-state index in [-0.39, 0.29) is 6.54 Å². The van der Waals surface area contributed by atoms with Crippen molar-refractivity contribution in [1.82, 2.24) is 4.90 Å². The van der Waals surface area contributed by atoms with Gasteiger partial charge in [0.05, 0.1) is 0 Å². The Hall–Kier alpha value is -0.820. The van der Waals surface area contributed by atoms with Gasteiger partial charge in [-0.2, -0.15) is 0 Å². The molecule has 1 nitrogen and oxygen atoms in total. The van der Waals surface area contributed by atoms with E-state index >= 15 is 0 Å². The Bertz CT molecular complexity index is 314. The van der Waals surface area contributed by atoms with Gasteiger partial charge < -0.3 is 4.90 Å². The first-order valence-corrected chi connectivity index (χ1v) is 3.03. The molecule has 0 saturated carbocycles. The quantitative estimate of drug-likeness (QED) is 0.606. The number of hydrogen-bond donors (Lipinski definition) is 0. The molecule has 0 amide bonds. The lowest BCUT2D eigenvalue weighted by molar-refractivity contribution is 0.402. The topological polar surface area (TPSA) is 3.24 Å². The van der Waals surface area contributed by atoms with Crippen LogP contribution in [0.4, 0.5) is 0 Å². The maximum Gasteiger partial charge on any atom is 0.0394 e. The van der Waals surface area contributed by atoms with E-state index in [1.165, 1.54) is 0 Å². The monoisotopic (exact) mass is 141 g/mol. The number of hydrogen-bond acceptors (Lipinski definition) is 1. The second kappa shape index (κ2) is 3.37. The van der Waals surface area contributed by atoms with Crippen LogP contribution in [0.15, 0.2) is 30.3 Å². The highest BCUT2D eigenvalue weighted by Crippen LogP contribution is 1.99. The first-order valence-electron chi connectivity index (χ1n) is 6.03. The molecule has 0 heterocycles. The third kappa shape index (κ3) is 2.19. The molecule has 0 radical (unpaired) electrons. The van der Waals surface area contributed by atoms with Crippen LogP contribution in [0.5, 0.6) is 0 Å². The number of benzene rings is 1. The van der Waals surface area contributed by atoms with Crippen molar-refractivity contribution < 1.29 is 8.22 Å². The van der Waals surface area contributed by atoms with Crippen molar-refractivity contribution in [1.29, 1.82) is 0 Å². The van der Waals surface area contributed by atoms with E-state index < -0.39 is 14.0 Å². The molecule has 10 heavy (non-hydrogen) atoms. The summed E-state index contributed by atoms with van der Waals surface area (Å²) >= 11 is 0. The molecule has 0 aliphatic heterocycles. The standard InChI is InChI=1S/C9H13N/c1-10(2)8-9-6-4-3-5-7-9/h3-7H,8H2,1-2H3/i1D3,2D3. The van der Waals surface area contributed by atoms with Crippen LogP contribution in [-0.4, -0.2) is 18.9 Å². The van der Waals surface area contributed by atoms with Crippen molar-refractivity contribution in [2.45, 2.75) is 6.54 Å². The van der Waals surface area contributed by atoms with Gasteiger partial charge >= 0.3 is 0 Å². The summed E-state index contributed by atoms with van der Waals surface area (Å²) in [6.07, 6.45) is 0. The maximum atomic E-state index is 7.19. The molecule has 0 aliphatic rings. The minimum Gasteiger partial charge on any atom is -0.305 e. The van der Waals surface area contributed by atoms with Crippen LogP contribution >= 0.6 is 0 Å². The zero-order valence-corrected chi connectivity index (χ0v) is 5.54. The average Bonchev–Trinajstić information content (AvgIpc) is 2.12. The van der Waals surface area contributed by atoms with Gasteiger partial charge in [-0.05, 0) is 19.5 Å². The lowest BCUT2D eigenvalue weighted by atomic mass is 10.2. The molecule has 0 unspecified atom stereocenters. The van der Waals surface area contributed by atoms with Gasteiger partial charge in [0.15, 0.2) is 0 Å². The molecular weight excluding hydrogens is 122 g/mol. The zero-order chi connectivity index (χ0) is 12.4. The Kier molecular flexibility index (Phi) is 0.899. The number of nitrogens with zero attached hydrogens (tertiary/aromatic N) is 1. The van der Waals surface area contributed by atoms with Gasteiger partial charge in [0, 0.05) is 14.8 Å². The average molecular weight is 141 g/mol. The molecule has 0 atom stereocenters. The smallest absolute Gasteiger partial charge is 0.0394 e. The van der Waals surface area contributed by atoms with Crippen LogP contribution < -0.4 is 0 Å². The number of rotatable bonds is 2. The van der Waals surface area contributed by atoms with Crippen LogP contribution in [-0.2, 0) is 6.54 Å². The van der Waals surface area contributed by atoms with E-state index in [4.69, 9.17) is 8.22 Å². The molecule has 1 rings (SSSR count). The molecule has 0 aliphatic carbocycles. The van der Waals surface area contributed by atoms with E-state index in [1.807, 2.05) is 0 Å². The predicted octanol–water partition coefficient (Wildman–Crippen LogP) is 1.75. The van der Waals surface area contributed by atoms with Crippen molar-refractivity contribution in [3.8, 4) is 0 Å². The summed E-state index contributed by atoms with van der Waals surface area (Å²) in [4.78, 5) is 0.537. The van der Waals surface area contributed by atoms with E-state index in [0.717, 1.165) is 0 Å². The molecule has 0 bridgehead atoms. The fourth-order valence-electron chi connectivity index (χ4n) is 0.766. The highest BCUT2D eigenvalue weighted by atomic mass is 15.0. The van der Waals surface area contributed by atoms with Gasteiger partial charge in [0.25, 0.3) is 0 Å². The first-order chi connectivity index (χ1) is 7.21. The highest BCUT2D eigenvalue weighted by molar-refractivity contribution is 5.14. The third-order valence-electron chi connectivity index (χ3n) is 1.18. The fourth-order valence-corrected chi connectivity index (χ4v) is 0.766. The van der Waals surface area contributed by atoms with Gasteiger partial charge in [0.1, 0.15) is 0 Å². The zero-order valence-electron chi connectivity index (χ0n) is 11.5. The predicted molar refractivity (Wildman–Crippen MR) is 43.8 cm³/mol. The summed E-state index contributed by atoms with van der Waals surface area (Å²) in [6, 6.07) is 8.67. The van der Waals surface area contributed by atoms with E-state index in [0.29, 0.717) is 10.5 Å². The second-order valence-electron chi connectivity index (χ2n) is 2.07. The minimum absolute atomic E-state index is 0.117. The van der Waals surface area contributed by atoms with Crippen LogP contribution in [0.3, 0.4) is 0 Å². The van der Waals surface area contributed by atoms with Crippen LogP contribution in [0.1, 0.15) is 13.8 Å². The SMILES string of the molecule is [2H]C([2H])([2H])N(Cc1ccccc1)C([2H])([2H])[2H]. The Labute approximate surface area is 70.7 Å². The fraction of sp³-hybridized carbons (Fsp3) is 0.333. The summed E-state index contributed by atoms with van der Waals surface area (Å²) in [5.74, 6) is 0. The molecular formula is C9H13N. The van der Waals surface area contributed by atoms with Crippen LogP contribution in [0, 0.1) is 0 Å². The molecule has 54 valence electrons. The van der Waals surface area contributed by atoms with Crippen LogP contribution in [0.2, 0.25) is 0 Å². The third-order valence-corrected chi connectivity index (χ3v) is 1.18. The van der Waals surface area contributed by atoms with Crippen molar-refractivity contribution >= 4 is 0 Å². The molecule has 0 saturated heterocycles. The van der Waals surface area contributed by atoms with Gasteiger partial charge in [-0.1, -0.05) is 30.3 Å². The first kappa shape index (κ1) is 2.67. The molecule has 0 fully saturated rings. The van der Waals surface area contributed by atoms with Crippen molar-refractivity contribution in [3.05, 3.63) is 35.9 Å². The van der Waals surface area contributed by atoms with Gasteiger partial charge in [-0.15, -0.1) is 0 Å².